The van der Waals surface area contributed by atoms with E-state index < -0.39 is 6.10 Å². The van der Waals surface area contributed by atoms with Gasteiger partial charge in [0.25, 0.3) is 5.56 Å². The Morgan fingerprint density at radius 2 is 1.74 bits per heavy atom. The molecular weight excluding hydrogens is 292 g/mol. The number of nitrogens with zero attached hydrogens (tertiary/aromatic N) is 2. The third kappa shape index (κ3) is 3.40. The lowest BCUT2D eigenvalue weighted by Crippen LogP contribution is -2.32. The van der Waals surface area contributed by atoms with E-state index in [0.29, 0.717) is 11.1 Å². The average Bonchev–Trinajstić information content (AvgIpc) is 2.59. The molecule has 0 aliphatic heterocycles. The lowest BCUT2D eigenvalue weighted by Gasteiger charge is -2.14. The highest BCUT2D eigenvalue weighted by Crippen LogP contribution is 2.12. The maximum Gasteiger partial charge on any atom is 0.274 e. The molecule has 0 fully saturated rings. The van der Waals surface area contributed by atoms with Crippen LogP contribution in [0.25, 0.3) is 10.8 Å². The van der Waals surface area contributed by atoms with Crippen LogP contribution < -0.4 is 10.3 Å². The zero-order valence-electron chi connectivity index (χ0n) is 12.8. The molecule has 0 amide bonds. The zero-order chi connectivity index (χ0) is 16.2. The van der Waals surface area contributed by atoms with Crippen LogP contribution in [0, 0.1) is 6.92 Å². The minimum absolute atomic E-state index is 0.0946. The molecule has 3 rings (SSSR count). The Balaban J connectivity index is 1.76. The summed E-state index contributed by atoms with van der Waals surface area (Å²) in [5.74, 6) is 0.682. The lowest BCUT2D eigenvalue weighted by molar-refractivity contribution is 0.0880. The van der Waals surface area contributed by atoms with Crippen molar-refractivity contribution >= 4 is 10.8 Å². The van der Waals surface area contributed by atoms with E-state index in [1.54, 1.807) is 6.07 Å². The van der Waals surface area contributed by atoms with Crippen molar-refractivity contribution in [1.82, 2.24) is 9.78 Å². The van der Waals surface area contributed by atoms with E-state index in [9.17, 15) is 9.90 Å². The first kappa shape index (κ1) is 15.2. The summed E-state index contributed by atoms with van der Waals surface area (Å²) in [5.41, 5.74) is 0.557. The summed E-state index contributed by atoms with van der Waals surface area (Å²) in [5, 5.41) is 15.9. The molecule has 0 saturated carbocycles. The summed E-state index contributed by atoms with van der Waals surface area (Å²) in [6.07, 6.45) is -0.819. The predicted octanol–water partition coefficient (Wildman–Crippen LogP) is 2.14. The first-order chi connectivity index (χ1) is 11.1. The minimum Gasteiger partial charge on any atom is -0.491 e. The van der Waals surface area contributed by atoms with Gasteiger partial charge in [0.1, 0.15) is 18.5 Å². The maximum absolute atomic E-state index is 12.4. The maximum atomic E-state index is 12.4. The third-order valence-corrected chi connectivity index (χ3v) is 3.62. The van der Waals surface area contributed by atoms with Gasteiger partial charge in [-0.05, 0) is 25.1 Å². The van der Waals surface area contributed by atoms with E-state index in [1.807, 2.05) is 55.5 Å². The van der Waals surface area contributed by atoms with Crippen LogP contribution in [0.5, 0.6) is 5.75 Å². The average molecular weight is 310 g/mol. The van der Waals surface area contributed by atoms with E-state index in [2.05, 4.69) is 5.10 Å². The summed E-state index contributed by atoms with van der Waals surface area (Å²) >= 11 is 0. The predicted molar refractivity (Wildman–Crippen MR) is 88.7 cm³/mol. The van der Waals surface area contributed by atoms with Crippen LogP contribution in [0.2, 0.25) is 0 Å². The van der Waals surface area contributed by atoms with E-state index in [-0.39, 0.29) is 18.7 Å². The standard InChI is InChI=1S/C18H18N2O3/c1-13-16-9-5-6-10-17(16)18(22)20(19-13)11-14(21)12-23-15-7-3-2-4-8-15/h2-10,14,21H,11-12H2,1H3/t14-/m0/s1. The van der Waals surface area contributed by atoms with Crippen LogP contribution in [0.4, 0.5) is 0 Å². The number of aromatic nitrogens is 2. The fraction of sp³-hybridized carbons (Fsp3) is 0.222. The van der Waals surface area contributed by atoms with Gasteiger partial charge in [-0.3, -0.25) is 4.79 Å². The van der Waals surface area contributed by atoms with Crippen molar-refractivity contribution in [2.45, 2.75) is 19.6 Å². The molecule has 0 aliphatic rings. The molecule has 118 valence electrons. The molecule has 0 radical (unpaired) electrons. The van der Waals surface area contributed by atoms with Crippen LogP contribution in [0.15, 0.2) is 59.4 Å². The van der Waals surface area contributed by atoms with Crippen molar-refractivity contribution in [2.24, 2.45) is 0 Å². The smallest absolute Gasteiger partial charge is 0.274 e. The molecule has 1 N–H and O–H groups in total. The number of hydrogen-bond acceptors (Lipinski definition) is 4. The Morgan fingerprint density at radius 3 is 2.48 bits per heavy atom. The summed E-state index contributed by atoms with van der Waals surface area (Å²) < 4.78 is 6.81. The number of rotatable bonds is 5. The molecule has 1 atom stereocenters. The van der Waals surface area contributed by atoms with Gasteiger partial charge in [-0.2, -0.15) is 5.10 Å². The number of hydrogen-bond donors (Lipinski definition) is 1. The molecule has 0 bridgehead atoms. The quantitative estimate of drug-likeness (QED) is 0.784. The molecule has 0 unspecified atom stereocenters. The molecule has 0 spiro atoms. The van der Waals surface area contributed by atoms with Crippen molar-refractivity contribution in [1.29, 1.82) is 0 Å². The topological polar surface area (TPSA) is 64.3 Å². The van der Waals surface area contributed by atoms with Crippen LogP contribution in [-0.4, -0.2) is 27.6 Å². The lowest BCUT2D eigenvalue weighted by atomic mass is 10.1. The summed E-state index contributed by atoms with van der Waals surface area (Å²) in [6.45, 7) is 2.05. The number of aliphatic hydroxyl groups excluding tert-OH is 1. The van der Waals surface area contributed by atoms with E-state index in [0.717, 1.165) is 11.1 Å². The summed E-state index contributed by atoms with van der Waals surface area (Å²) in [4.78, 5) is 12.4. The van der Waals surface area contributed by atoms with E-state index in [1.165, 1.54) is 4.68 Å². The van der Waals surface area contributed by atoms with E-state index in [4.69, 9.17) is 4.74 Å². The van der Waals surface area contributed by atoms with Gasteiger partial charge in [-0.1, -0.05) is 36.4 Å². The number of fused-ring (bicyclic) bond motifs is 1. The van der Waals surface area contributed by atoms with Crippen molar-refractivity contribution < 1.29 is 9.84 Å². The first-order valence-corrected chi connectivity index (χ1v) is 7.47. The molecule has 3 aromatic rings. The fourth-order valence-corrected chi connectivity index (χ4v) is 2.49. The molecule has 0 saturated heterocycles. The molecule has 2 aromatic carbocycles. The Hall–Kier alpha value is -2.66. The SMILES string of the molecule is Cc1nn(C[C@H](O)COc2ccccc2)c(=O)c2ccccc12. The van der Waals surface area contributed by atoms with Crippen molar-refractivity contribution in [2.75, 3.05) is 6.61 Å². The van der Waals surface area contributed by atoms with Gasteiger partial charge in [0.05, 0.1) is 17.6 Å². The van der Waals surface area contributed by atoms with Gasteiger partial charge in [0, 0.05) is 5.39 Å². The van der Waals surface area contributed by atoms with Crippen LogP contribution in [0.3, 0.4) is 0 Å². The largest absolute Gasteiger partial charge is 0.491 e. The Bertz CT molecular complexity index is 859. The van der Waals surface area contributed by atoms with Crippen LogP contribution in [-0.2, 0) is 6.54 Å². The third-order valence-electron chi connectivity index (χ3n) is 3.62. The Labute approximate surface area is 133 Å². The first-order valence-electron chi connectivity index (χ1n) is 7.47. The minimum atomic E-state index is -0.819. The van der Waals surface area contributed by atoms with Gasteiger partial charge in [-0.25, -0.2) is 4.68 Å². The number of aryl methyl sites for hydroxylation is 1. The zero-order valence-corrected chi connectivity index (χ0v) is 12.8. The number of ether oxygens (including phenoxy) is 1. The molecule has 1 aromatic heterocycles. The van der Waals surface area contributed by atoms with Gasteiger partial charge >= 0.3 is 0 Å². The molecule has 1 heterocycles. The van der Waals surface area contributed by atoms with Gasteiger partial charge < -0.3 is 9.84 Å². The van der Waals surface area contributed by atoms with Crippen molar-refractivity contribution in [3.05, 3.63) is 70.6 Å². The molecule has 5 nitrogen and oxygen atoms in total. The number of para-hydroxylation sites is 1. The van der Waals surface area contributed by atoms with Gasteiger partial charge in [0.15, 0.2) is 0 Å². The molecule has 0 aliphatic carbocycles. The second kappa shape index (κ2) is 6.62. The monoisotopic (exact) mass is 310 g/mol. The van der Waals surface area contributed by atoms with Gasteiger partial charge in [0.2, 0.25) is 0 Å². The van der Waals surface area contributed by atoms with Crippen molar-refractivity contribution in [3.63, 3.8) is 0 Å². The Morgan fingerprint density at radius 1 is 1.09 bits per heavy atom. The fourth-order valence-electron chi connectivity index (χ4n) is 2.49. The van der Waals surface area contributed by atoms with E-state index >= 15 is 0 Å². The Kier molecular flexibility index (Phi) is 4.39. The normalized spacial score (nSPS) is 12.3. The molecule has 23 heavy (non-hydrogen) atoms. The van der Waals surface area contributed by atoms with Gasteiger partial charge in [-0.15, -0.1) is 0 Å². The van der Waals surface area contributed by atoms with Crippen molar-refractivity contribution in [3.8, 4) is 5.75 Å². The highest BCUT2D eigenvalue weighted by molar-refractivity contribution is 5.83. The highest BCUT2D eigenvalue weighted by Gasteiger charge is 2.12. The van der Waals surface area contributed by atoms with Crippen LogP contribution in [0.1, 0.15) is 5.69 Å². The summed E-state index contributed by atoms with van der Waals surface area (Å²) in [7, 11) is 0. The molecule has 5 heteroatoms. The second-order valence-corrected chi connectivity index (χ2v) is 5.40. The van der Waals surface area contributed by atoms with Crippen LogP contribution >= 0.6 is 0 Å². The molecular formula is C18H18N2O3. The summed E-state index contributed by atoms with van der Waals surface area (Å²) in [6, 6.07) is 16.6. The highest BCUT2D eigenvalue weighted by atomic mass is 16.5. The second-order valence-electron chi connectivity index (χ2n) is 5.40. The number of aliphatic hydroxyl groups is 1. The number of benzene rings is 2.